The van der Waals surface area contributed by atoms with Crippen LogP contribution < -0.4 is 9.47 Å². The number of benzene rings is 1. The standard InChI is InChI=1S/C13H17BrO3/c1-16-12-6-9(10(14)7-13(12)17-2)11(15)5-8-3-4-8/h6-8,11,15H,3-5H2,1-2H3. The quantitative estimate of drug-likeness (QED) is 0.907. The predicted octanol–water partition coefficient (Wildman–Crippen LogP) is 3.30. The zero-order valence-electron chi connectivity index (χ0n) is 10.1. The number of ether oxygens (including phenoxy) is 2. The van der Waals surface area contributed by atoms with E-state index in [1.807, 2.05) is 12.1 Å². The average Bonchev–Trinajstić information content (AvgIpc) is 3.12. The van der Waals surface area contributed by atoms with Crippen LogP contribution in [0.25, 0.3) is 0 Å². The average molecular weight is 301 g/mol. The lowest BCUT2D eigenvalue weighted by atomic mass is 10.0. The van der Waals surface area contributed by atoms with E-state index in [1.165, 1.54) is 12.8 Å². The van der Waals surface area contributed by atoms with Gasteiger partial charge in [-0.25, -0.2) is 0 Å². The van der Waals surface area contributed by atoms with Crippen LogP contribution in [-0.4, -0.2) is 19.3 Å². The Morgan fingerprint density at radius 1 is 1.29 bits per heavy atom. The molecule has 1 atom stereocenters. The van der Waals surface area contributed by atoms with Crippen LogP contribution in [0.3, 0.4) is 0 Å². The molecule has 2 rings (SSSR count). The second-order valence-electron chi connectivity index (χ2n) is 4.42. The van der Waals surface area contributed by atoms with Gasteiger partial charge in [-0.2, -0.15) is 0 Å². The lowest BCUT2D eigenvalue weighted by molar-refractivity contribution is 0.159. The molecule has 1 fully saturated rings. The van der Waals surface area contributed by atoms with Crippen LogP contribution in [0.2, 0.25) is 0 Å². The van der Waals surface area contributed by atoms with Crippen molar-refractivity contribution in [3.63, 3.8) is 0 Å². The number of hydrogen-bond acceptors (Lipinski definition) is 3. The molecular weight excluding hydrogens is 284 g/mol. The summed E-state index contributed by atoms with van der Waals surface area (Å²) in [6.07, 6.45) is 2.87. The summed E-state index contributed by atoms with van der Waals surface area (Å²) in [4.78, 5) is 0. The maximum Gasteiger partial charge on any atom is 0.161 e. The van der Waals surface area contributed by atoms with Crippen molar-refractivity contribution in [2.45, 2.75) is 25.4 Å². The summed E-state index contributed by atoms with van der Waals surface area (Å²) in [6.45, 7) is 0. The third-order valence-corrected chi connectivity index (χ3v) is 3.80. The first-order valence-electron chi connectivity index (χ1n) is 5.75. The van der Waals surface area contributed by atoms with Crippen molar-refractivity contribution in [2.24, 2.45) is 5.92 Å². The minimum absolute atomic E-state index is 0.434. The highest BCUT2D eigenvalue weighted by molar-refractivity contribution is 9.10. The SMILES string of the molecule is COc1cc(Br)c(C(O)CC2CC2)cc1OC. The van der Waals surface area contributed by atoms with Gasteiger partial charge >= 0.3 is 0 Å². The molecule has 0 saturated heterocycles. The van der Waals surface area contributed by atoms with E-state index in [9.17, 15) is 5.11 Å². The Labute approximate surface area is 110 Å². The van der Waals surface area contributed by atoms with Crippen LogP contribution >= 0.6 is 15.9 Å². The van der Waals surface area contributed by atoms with Gasteiger partial charge in [0.15, 0.2) is 11.5 Å². The van der Waals surface area contributed by atoms with E-state index in [0.717, 1.165) is 16.5 Å². The normalized spacial score (nSPS) is 16.7. The molecule has 17 heavy (non-hydrogen) atoms. The number of aliphatic hydroxyl groups is 1. The molecule has 1 saturated carbocycles. The lowest BCUT2D eigenvalue weighted by Crippen LogP contribution is -2.01. The van der Waals surface area contributed by atoms with Crippen LogP contribution in [0.1, 0.15) is 30.9 Å². The second kappa shape index (κ2) is 5.27. The van der Waals surface area contributed by atoms with Gasteiger partial charge < -0.3 is 14.6 Å². The van der Waals surface area contributed by atoms with E-state index >= 15 is 0 Å². The van der Waals surface area contributed by atoms with Crippen LogP contribution in [-0.2, 0) is 0 Å². The van der Waals surface area contributed by atoms with Crippen molar-refractivity contribution in [3.05, 3.63) is 22.2 Å². The lowest BCUT2D eigenvalue weighted by Gasteiger charge is -2.16. The van der Waals surface area contributed by atoms with Gasteiger partial charge in [0.1, 0.15) is 0 Å². The van der Waals surface area contributed by atoms with E-state index < -0.39 is 6.10 Å². The second-order valence-corrected chi connectivity index (χ2v) is 5.28. The van der Waals surface area contributed by atoms with Gasteiger partial charge in [-0.1, -0.05) is 28.8 Å². The van der Waals surface area contributed by atoms with Gasteiger partial charge in [-0.05, 0) is 30.0 Å². The molecule has 1 N–H and O–H groups in total. The fraction of sp³-hybridized carbons (Fsp3) is 0.538. The van der Waals surface area contributed by atoms with Crippen LogP contribution in [0.15, 0.2) is 16.6 Å². The van der Waals surface area contributed by atoms with E-state index in [1.54, 1.807) is 14.2 Å². The third-order valence-electron chi connectivity index (χ3n) is 3.12. The maximum atomic E-state index is 10.2. The Hall–Kier alpha value is -0.740. The Bertz CT molecular complexity index is 402. The van der Waals surface area contributed by atoms with Crippen LogP contribution in [0.5, 0.6) is 11.5 Å². The first-order valence-corrected chi connectivity index (χ1v) is 6.54. The predicted molar refractivity (Wildman–Crippen MR) is 69.5 cm³/mol. The Balaban J connectivity index is 2.25. The van der Waals surface area contributed by atoms with Gasteiger partial charge in [0.05, 0.1) is 20.3 Å². The smallest absolute Gasteiger partial charge is 0.161 e. The number of rotatable bonds is 5. The van der Waals surface area contributed by atoms with Gasteiger partial charge in [-0.3, -0.25) is 0 Å². The molecule has 0 spiro atoms. The van der Waals surface area contributed by atoms with E-state index in [0.29, 0.717) is 17.4 Å². The van der Waals surface area contributed by atoms with Gasteiger partial charge in [0, 0.05) is 4.47 Å². The first kappa shape index (κ1) is 12.7. The molecule has 4 heteroatoms. The highest BCUT2D eigenvalue weighted by Crippen LogP contribution is 2.42. The number of aliphatic hydroxyl groups excluding tert-OH is 1. The molecule has 94 valence electrons. The Morgan fingerprint density at radius 3 is 2.41 bits per heavy atom. The zero-order valence-corrected chi connectivity index (χ0v) is 11.7. The first-order chi connectivity index (χ1) is 8.15. The molecular formula is C13H17BrO3. The monoisotopic (exact) mass is 300 g/mol. The topological polar surface area (TPSA) is 38.7 Å². The van der Waals surface area contributed by atoms with Crippen molar-refractivity contribution in [1.82, 2.24) is 0 Å². The summed E-state index contributed by atoms with van der Waals surface area (Å²) in [7, 11) is 3.20. The number of methoxy groups -OCH3 is 2. The largest absolute Gasteiger partial charge is 0.493 e. The maximum absolute atomic E-state index is 10.2. The summed E-state index contributed by atoms with van der Waals surface area (Å²) in [5.41, 5.74) is 0.870. The fourth-order valence-corrected chi connectivity index (χ4v) is 2.51. The molecule has 1 aromatic rings. The Kier molecular flexibility index (Phi) is 3.94. The van der Waals surface area contributed by atoms with E-state index in [4.69, 9.17) is 9.47 Å². The number of halogens is 1. The molecule has 1 aliphatic rings. The highest BCUT2D eigenvalue weighted by atomic mass is 79.9. The van der Waals surface area contributed by atoms with Gasteiger partial charge in [0.25, 0.3) is 0 Å². The molecule has 1 aliphatic carbocycles. The highest BCUT2D eigenvalue weighted by Gasteiger charge is 2.26. The van der Waals surface area contributed by atoms with E-state index in [-0.39, 0.29) is 0 Å². The summed E-state index contributed by atoms with van der Waals surface area (Å²) in [6, 6.07) is 3.68. The molecule has 1 aromatic carbocycles. The molecule has 0 aromatic heterocycles. The van der Waals surface area contributed by atoms with Crippen LogP contribution in [0, 0.1) is 5.92 Å². The van der Waals surface area contributed by atoms with Crippen molar-refractivity contribution in [2.75, 3.05) is 14.2 Å². The Morgan fingerprint density at radius 2 is 1.88 bits per heavy atom. The summed E-state index contributed by atoms with van der Waals surface area (Å²) in [5.74, 6) is 2.01. The molecule has 1 unspecified atom stereocenters. The van der Waals surface area contributed by atoms with Crippen molar-refractivity contribution in [3.8, 4) is 11.5 Å². The van der Waals surface area contributed by atoms with Gasteiger partial charge in [0.2, 0.25) is 0 Å². The molecule has 0 amide bonds. The minimum atomic E-state index is -0.434. The van der Waals surface area contributed by atoms with E-state index in [2.05, 4.69) is 15.9 Å². The van der Waals surface area contributed by atoms with Crippen molar-refractivity contribution in [1.29, 1.82) is 0 Å². The van der Waals surface area contributed by atoms with Crippen LogP contribution in [0.4, 0.5) is 0 Å². The summed E-state index contributed by atoms with van der Waals surface area (Å²) >= 11 is 3.47. The fourth-order valence-electron chi connectivity index (χ4n) is 1.92. The molecule has 0 aliphatic heterocycles. The van der Waals surface area contributed by atoms with Gasteiger partial charge in [-0.15, -0.1) is 0 Å². The third kappa shape index (κ3) is 2.93. The molecule has 0 bridgehead atoms. The summed E-state index contributed by atoms with van der Waals surface area (Å²) < 4.78 is 11.3. The van der Waals surface area contributed by atoms with Crippen molar-refractivity contribution >= 4 is 15.9 Å². The molecule has 0 radical (unpaired) electrons. The van der Waals surface area contributed by atoms with Crippen molar-refractivity contribution < 1.29 is 14.6 Å². The minimum Gasteiger partial charge on any atom is -0.493 e. The zero-order chi connectivity index (χ0) is 12.4. The summed E-state index contributed by atoms with van der Waals surface area (Å²) in [5, 5.41) is 10.2. The molecule has 0 heterocycles. The number of hydrogen-bond donors (Lipinski definition) is 1. The molecule has 3 nitrogen and oxygen atoms in total.